The molecule has 1 N–H and O–H groups in total. The number of amides is 1. The van der Waals surface area contributed by atoms with Crippen molar-refractivity contribution >= 4 is 11.7 Å². The van der Waals surface area contributed by atoms with Crippen molar-refractivity contribution < 1.29 is 18.7 Å². The molecule has 0 unspecified atom stereocenters. The number of benzene rings is 3. The van der Waals surface area contributed by atoms with Crippen LogP contribution in [0.1, 0.15) is 41.4 Å². The van der Waals surface area contributed by atoms with Crippen molar-refractivity contribution in [1.29, 1.82) is 0 Å². The monoisotopic (exact) mass is 391 g/mol. The van der Waals surface area contributed by atoms with Crippen LogP contribution in [-0.4, -0.2) is 17.8 Å². The second-order valence-corrected chi connectivity index (χ2v) is 6.76. The first kappa shape index (κ1) is 20.3. The van der Waals surface area contributed by atoms with Crippen molar-refractivity contribution in [2.24, 2.45) is 0 Å². The summed E-state index contributed by atoms with van der Waals surface area (Å²) in [7, 11) is 0. The van der Waals surface area contributed by atoms with Crippen molar-refractivity contribution in [2.75, 3.05) is 0 Å². The Morgan fingerprint density at radius 2 is 1.41 bits per heavy atom. The molecule has 0 spiro atoms. The molecule has 0 aliphatic rings. The Labute approximate surface area is 169 Å². The molecule has 5 heteroatoms. The summed E-state index contributed by atoms with van der Waals surface area (Å²) in [5, 5.41) is 2.85. The van der Waals surface area contributed by atoms with Gasteiger partial charge in [0, 0.05) is 11.1 Å². The van der Waals surface area contributed by atoms with E-state index in [1.165, 1.54) is 12.1 Å². The van der Waals surface area contributed by atoms with Gasteiger partial charge in [0.05, 0.1) is 6.04 Å². The van der Waals surface area contributed by atoms with E-state index in [9.17, 15) is 14.0 Å². The molecule has 0 bridgehead atoms. The largest absolute Gasteiger partial charge is 0.481 e. The number of nitrogens with one attached hydrogen (secondary N) is 1. The smallest absolute Gasteiger partial charge is 0.261 e. The highest BCUT2D eigenvalue weighted by Gasteiger charge is 2.18. The maximum atomic E-state index is 13.0. The van der Waals surface area contributed by atoms with Crippen LogP contribution in [0.25, 0.3) is 0 Å². The van der Waals surface area contributed by atoms with E-state index in [2.05, 4.69) is 5.32 Å². The molecule has 0 aliphatic carbocycles. The normalized spacial score (nSPS) is 12.7. The molecule has 0 saturated carbocycles. The standard InChI is InChI=1S/C24H22FNO3/c1-16(18-8-12-21(25)13-9-18)26-24(28)17(2)29-22-14-10-20(11-15-22)23(27)19-6-4-3-5-7-19/h3-17H,1-2H3,(H,26,28)/t16-,17-/m1/s1. The Hall–Kier alpha value is -3.47. The molecule has 3 aromatic carbocycles. The van der Waals surface area contributed by atoms with Gasteiger partial charge in [-0.15, -0.1) is 0 Å². The summed E-state index contributed by atoms with van der Waals surface area (Å²) >= 11 is 0. The van der Waals surface area contributed by atoms with Crippen LogP contribution >= 0.6 is 0 Å². The van der Waals surface area contributed by atoms with Gasteiger partial charge in [-0.3, -0.25) is 9.59 Å². The molecule has 1 amide bonds. The molecule has 0 radical (unpaired) electrons. The van der Waals surface area contributed by atoms with Crippen LogP contribution in [0.4, 0.5) is 4.39 Å². The molecule has 29 heavy (non-hydrogen) atoms. The second-order valence-electron chi connectivity index (χ2n) is 6.76. The minimum Gasteiger partial charge on any atom is -0.481 e. The van der Waals surface area contributed by atoms with Gasteiger partial charge in [0.2, 0.25) is 0 Å². The van der Waals surface area contributed by atoms with Gasteiger partial charge in [-0.2, -0.15) is 0 Å². The first-order valence-electron chi connectivity index (χ1n) is 9.36. The molecule has 0 aliphatic heterocycles. The number of ketones is 1. The summed E-state index contributed by atoms with van der Waals surface area (Å²) in [4.78, 5) is 24.8. The van der Waals surface area contributed by atoms with Crippen LogP contribution < -0.4 is 10.1 Å². The number of carbonyl (C=O) groups excluding carboxylic acids is 2. The van der Waals surface area contributed by atoms with Gasteiger partial charge in [0.25, 0.3) is 5.91 Å². The maximum absolute atomic E-state index is 13.0. The quantitative estimate of drug-likeness (QED) is 0.594. The lowest BCUT2D eigenvalue weighted by atomic mass is 10.0. The van der Waals surface area contributed by atoms with Crippen molar-refractivity contribution in [3.63, 3.8) is 0 Å². The Kier molecular flexibility index (Phi) is 6.39. The number of rotatable bonds is 7. The van der Waals surface area contributed by atoms with E-state index in [1.807, 2.05) is 25.1 Å². The van der Waals surface area contributed by atoms with Crippen LogP contribution in [0, 0.1) is 5.82 Å². The SMILES string of the molecule is C[C@@H](Oc1ccc(C(=O)c2ccccc2)cc1)C(=O)N[C@H](C)c1ccc(F)cc1. The average Bonchev–Trinajstić information content (AvgIpc) is 2.74. The molecule has 148 valence electrons. The molecule has 2 atom stereocenters. The third kappa shape index (κ3) is 5.29. The van der Waals surface area contributed by atoms with Gasteiger partial charge >= 0.3 is 0 Å². The van der Waals surface area contributed by atoms with E-state index in [1.54, 1.807) is 55.5 Å². The van der Waals surface area contributed by atoms with Crippen molar-refractivity contribution in [1.82, 2.24) is 5.32 Å². The Balaban J connectivity index is 1.58. The molecule has 0 fully saturated rings. The predicted octanol–water partition coefficient (Wildman–Crippen LogP) is 4.70. The Morgan fingerprint density at radius 3 is 2.03 bits per heavy atom. The fourth-order valence-corrected chi connectivity index (χ4v) is 2.86. The lowest BCUT2D eigenvalue weighted by Crippen LogP contribution is -2.37. The summed E-state index contributed by atoms with van der Waals surface area (Å²) in [6.07, 6.45) is -0.728. The minimum atomic E-state index is -0.728. The molecular formula is C24H22FNO3. The zero-order valence-electron chi connectivity index (χ0n) is 16.3. The van der Waals surface area contributed by atoms with Gasteiger partial charge in [-0.25, -0.2) is 4.39 Å². The van der Waals surface area contributed by atoms with Crippen LogP contribution in [-0.2, 0) is 4.79 Å². The second kappa shape index (κ2) is 9.15. The minimum absolute atomic E-state index is 0.0731. The maximum Gasteiger partial charge on any atom is 0.261 e. The summed E-state index contributed by atoms with van der Waals surface area (Å²) in [6.45, 7) is 3.47. The van der Waals surface area contributed by atoms with Crippen molar-refractivity contribution in [3.05, 3.63) is 101 Å². The molecule has 3 rings (SSSR count). The zero-order valence-corrected chi connectivity index (χ0v) is 16.3. The van der Waals surface area contributed by atoms with E-state index in [-0.39, 0.29) is 23.5 Å². The third-order valence-electron chi connectivity index (χ3n) is 4.56. The predicted molar refractivity (Wildman–Crippen MR) is 109 cm³/mol. The number of hydrogen-bond acceptors (Lipinski definition) is 3. The molecule has 0 aromatic heterocycles. The zero-order chi connectivity index (χ0) is 20.8. The van der Waals surface area contributed by atoms with Crippen LogP contribution in [0.5, 0.6) is 5.75 Å². The molecule has 4 nitrogen and oxygen atoms in total. The summed E-state index contributed by atoms with van der Waals surface area (Å²) in [6, 6.07) is 21.4. The van der Waals surface area contributed by atoms with E-state index in [0.717, 1.165) is 5.56 Å². The Morgan fingerprint density at radius 1 is 0.828 bits per heavy atom. The summed E-state index contributed by atoms with van der Waals surface area (Å²) < 4.78 is 18.7. The highest BCUT2D eigenvalue weighted by Crippen LogP contribution is 2.18. The third-order valence-corrected chi connectivity index (χ3v) is 4.56. The van der Waals surface area contributed by atoms with E-state index in [4.69, 9.17) is 4.74 Å². The van der Waals surface area contributed by atoms with Gasteiger partial charge in [-0.1, -0.05) is 42.5 Å². The highest BCUT2D eigenvalue weighted by atomic mass is 19.1. The lowest BCUT2D eigenvalue weighted by molar-refractivity contribution is -0.127. The number of halogens is 1. The number of carbonyl (C=O) groups is 2. The molecule has 0 heterocycles. The van der Waals surface area contributed by atoms with Gasteiger partial charge in [0.15, 0.2) is 11.9 Å². The lowest BCUT2D eigenvalue weighted by Gasteiger charge is -2.19. The van der Waals surface area contributed by atoms with Crippen molar-refractivity contribution in [2.45, 2.75) is 26.0 Å². The fraction of sp³-hybridized carbons (Fsp3) is 0.167. The Bertz CT molecular complexity index is 969. The molecule has 0 saturated heterocycles. The van der Waals surface area contributed by atoms with Gasteiger partial charge in [0.1, 0.15) is 11.6 Å². The first-order valence-corrected chi connectivity index (χ1v) is 9.36. The molecular weight excluding hydrogens is 369 g/mol. The number of hydrogen-bond donors (Lipinski definition) is 1. The summed E-state index contributed by atoms with van der Waals surface area (Å²) in [5.74, 6) is -0.188. The average molecular weight is 391 g/mol. The molecule has 3 aromatic rings. The number of ether oxygens (including phenoxy) is 1. The topological polar surface area (TPSA) is 55.4 Å². The van der Waals surface area contributed by atoms with Gasteiger partial charge in [-0.05, 0) is 55.8 Å². The first-order chi connectivity index (χ1) is 13.9. The highest BCUT2D eigenvalue weighted by molar-refractivity contribution is 6.08. The van der Waals surface area contributed by atoms with E-state index < -0.39 is 6.10 Å². The van der Waals surface area contributed by atoms with E-state index >= 15 is 0 Å². The van der Waals surface area contributed by atoms with Crippen LogP contribution in [0.15, 0.2) is 78.9 Å². The van der Waals surface area contributed by atoms with Gasteiger partial charge < -0.3 is 10.1 Å². The summed E-state index contributed by atoms with van der Waals surface area (Å²) in [5.41, 5.74) is 1.96. The van der Waals surface area contributed by atoms with Crippen LogP contribution in [0.3, 0.4) is 0 Å². The van der Waals surface area contributed by atoms with E-state index in [0.29, 0.717) is 16.9 Å². The fourth-order valence-electron chi connectivity index (χ4n) is 2.86. The van der Waals surface area contributed by atoms with Crippen molar-refractivity contribution in [3.8, 4) is 5.75 Å². The van der Waals surface area contributed by atoms with Crippen LogP contribution in [0.2, 0.25) is 0 Å².